The summed E-state index contributed by atoms with van der Waals surface area (Å²) in [5.41, 5.74) is -0.142. The van der Waals surface area contributed by atoms with Crippen molar-refractivity contribution < 1.29 is 19.5 Å². The van der Waals surface area contributed by atoms with Crippen molar-refractivity contribution in [3.8, 4) is 11.5 Å². The van der Waals surface area contributed by atoms with Crippen LogP contribution in [-0.2, 0) is 0 Å². The second kappa shape index (κ2) is 5.88. The van der Waals surface area contributed by atoms with Crippen LogP contribution in [0.5, 0.6) is 11.5 Å². The molecular weight excluding hydrogens is 250 g/mol. The minimum atomic E-state index is -0.560. The molecule has 2 atom stereocenters. The lowest BCUT2D eigenvalue weighted by Crippen LogP contribution is -2.34. The molecule has 1 aliphatic rings. The van der Waals surface area contributed by atoms with E-state index in [-0.39, 0.29) is 17.5 Å². The maximum Gasteiger partial charge on any atom is 0.314 e. The molecule has 0 radical (unpaired) electrons. The predicted octanol–water partition coefficient (Wildman–Crippen LogP) is 2.29. The Kier molecular flexibility index (Phi) is 4.21. The lowest BCUT2D eigenvalue weighted by molar-refractivity contribution is -0.386. The number of nitro groups is 1. The van der Waals surface area contributed by atoms with Crippen LogP contribution >= 0.6 is 0 Å². The molecule has 0 saturated heterocycles. The largest absolute Gasteiger partial charge is 0.496 e. The summed E-state index contributed by atoms with van der Waals surface area (Å²) in [5.74, 6) is 0.583. The number of benzene rings is 1. The van der Waals surface area contributed by atoms with Gasteiger partial charge in [-0.15, -0.1) is 0 Å². The van der Waals surface area contributed by atoms with Crippen molar-refractivity contribution in [3.63, 3.8) is 0 Å². The smallest absolute Gasteiger partial charge is 0.314 e. The lowest BCUT2D eigenvalue weighted by Gasteiger charge is -2.28. The maximum atomic E-state index is 11.0. The van der Waals surface area contributed by atoms with Crippen molar-refractivity contribution in [3.05, 3.63) is 28.3 Å². The average Bonchev–Trinajstić information content (AvgIpc) is 2.41. The second-order valence-corrected chi connectivity index (χ2v) is 4.60. The predicted molar refractivity (Wildman–Crippen MR) is 68.5 cm³/mol. The van der Waals surface area contributed by atoms with Gasteiger partial charge in [0.1, 0.15) is 11.9 Å². The SMILES string of the molecule is COc1ccc(OC2CCCCC2O)c([N+](=O)[O-])c1. The van der Waals surface area contributed by atoms with Crippen molar-refractivity contribution in [2.75, 3.05) is 7.11 Å². The zero-order valence-electron chi connectivity index (χ0n) is 10.7. The molecule has 1 aliphatic carbocycles. The van der Waals surface area contributed by atoms with Gasteiger partial charge in [0.15, 0.2) is 5.75 Å². The minimum Gasteiger partial charge on any atom is -0.496 e. The molecule has 1 saturated carbocycles. The fraction of sp³-hybridized carbons (Fsp3) is 0.538. The molecule has 0 spiro atoms. The molecule has 0 heterocycles. The lowest BCUT2D eigenvalue weighted by atomic mass is 9.95. The van der Waals surface area contributed by atoms with Crippen LogP contribution in [0.4, 0.5) is 5.69 Å². The van der Waals surface area contributed by atoms with Gasteiger partial charge in [-0.05, 0) is 31.4 Å². The van der Waals surface area contributed by atoms with Crippen molar-refractivity contribution in [2.24, 2.45) is 0 Å². The van der Waals surface area contributed by atoms with Crippen LogP contribution in [0, 0.1) is 10.1 Å². The van der Waals surface area contributed by atoms with Gasteiger partial charge in [-0.25, -0.2) is 0 Å². The van der Waals surface area contributed by atoms with Gasteiger partial charge in [0.2, 0.25) is 0 Å². The Morgan fingerprint density at radius 1 is 1.37 bits per heavy atom. The third-order valence-electron chi connectivity index (χ3n) is 3.31. The van der Waals surface area contributed by atoms with Gasteiger partial charge in [-0.2, -0.15) is 0 Å². The van der Waals surface area contributed by atoms with E-state index in [1.807, 2.05) is 0 Å². The van der Waals surface area contributed by atoms with Crippen LogP contribution in [0.1, 0.15) is 25.7 Å². The zero-order chi connectivity index (χ0) is 13.8. The Hall–Kier alpha value is -1.82. The third-order valence-corrected chi connectivity index (χ3v) is 3.31. The Morgan fingerprint density at radius 2 is 2.11 bits per heavy atom. The van der Waals surface area contributed by atoms with Crippen LogP contribution < -0.4 is 9.47 Å². The fourth-order valence-electron chi connectivity index (χ4n) is 2.24. The first kappa shape index (κ1) is 13.6. The molecule has 2 unspecified atom stereocenters. The molecule has 1 fully saturated rings. The minimum absolute atomic E-state index is 0.142. The Labute approximate surface area is 111 Å². The number of hydrogen-bond acceptors (Lipinski definition) is 5. The third kappa shape index (κ3) is 3.14. The number of hydrogen-bond donors (Lipinski definition) is 1. The molecule has 1 aromatic carbocycles. The van der Waals surface area contributed by atoms with Crippen LogP contribution in [0.2, 0.25) is 0 Å². The normalized spacial score (nSPS) is 22.8. The zero-order valence-corrected chi connectivity index (χ0v) is 10.7. The van der Waals surface area contributed by atoms with Crippen LogP contribution in [0.3, 0.4) is 0 Å². The second-order valence-electron chi connectivity index (χ2n) is 4.60. The summed E-state index contributed by atoms with van der Waals surface area (Å²) in [6, 6.07) is 4.44. The van der Waals surface area contributed by atoms with E-state index in [0.29, 0.717) is 18.6 Å². The van der Waals surface area contributed by atoms with Gasteiger partial charge in [0.25, 0.3) is 0 Å². The van der Waals surface area contributed by atoms with Crippen molar-refractivity contribution in [1.82, 2.24) is 0 Å². The van der Waals surface area contributed by atoms with Crippen LogP contribution in [0.15, 0.2) is 18.2 Å². The summed E-state index contributed by atoms with van der Waals surface area (Å²) in [5, 5.41) is 20.9. The number of rotatable bonds is 4. The summed E-state index contributed by atoms with van der Waals surface area (Å²) >= 11 is 0. The Morgan fingerprint density at radius 3 is 2.74 bits per heavy atom. The Balaban J connectivity index is 2.21. The van der Waals surface area contributed by atoms with E-state index in [4.69, 9.17) is 9.47 Å². The summed E-state index contributed by atoms with van der Waals surface area (Å²) in [6.07, 6.45) is 2.38. The van der Waals surface area contributed by atoms with Crippen molar-refractivity contribution in [2.45, 2.75) is 37.9 Å². The number of aliphatic hydroxyl groups excluding tert-OH is 1. The molecule has 19 heavy (non-hydrogen) atoms. The molecule has 0 amide bonds. The standard InChI is InChI=1S/C13H17NO5/c1-18-9-6-7-12(10(8-9)14(16)17)19-13-5-3-2-4-11(13)15/h6-8,11,13,15H,2-5H2,1H3. The molecular formula is C13H17NO5. The summed E-state index contributed by atoms with van der Waals surface area (Å²) in [6.45, 7) is 0. The Bertz CT molecular complexity index is 462. The number of nitro benzene ring substituents is 1. The maximum absolute atomic E-state index is 11.0. The highest BCUT2D eigenvalue weighted by molar-refractivity contribution is 5.51. The van der Waals surface area contributed by atoms with Gasteiger partial charge in [0, 0.05) is 0 Å². The van der Waals surface area contributed by atoms with Gasteiger partial charge < -0.3 is 14.6 Å². The van der Waals surface area contributed by atoms with E-state index in [0.717, 1.165) is 12.8 Å². The highest BCUT2D eigenvalue weighted by Gasteiger charge is 2.27. The van der Waals surface area contributed by atoms with E-state index in [1.54, 1.807) is 6.07 Å². The summed E-state index contributed by atoms with van der Waals surface area (Å²) < 4.78 is 10.6. The van der Waals surface area contributed by atoms with Crippen LogP contribution in [-0.4, -0.2) is 29.3 Å². The van der Waals surface area contributed by atoms with Gasteiger partial charge >= 0.3 is 5.69 Å². The highest BCUT2D eigenvalue weighted by Crippen LogP contribution is 2.33. The van der Waals surface area contributed by atoms with Gasteiger partial charge in [-0.1, -0.05) is 6.42 Å². The van der Waals surface area contributed by atoms with Gasteiger partial charge in [-0.3, -0.25) is 10.1 Å². The monoisotopic (exact) mass is 267 g/mol. The molecule has 1 N–H and O–H groups in total. The number of aliphatic hydroxyl groups is 1. The summed E-state index contributed by atoms with van der Waals surface area (Å²) in [7, 11) is 1.45. The summed E-state index contributed by atoms with van der Waals surface area (Å²) in [4.78, 5) is 10.5. The molecule has 2 rings (SSSR count). The average molecular weight is 267 g/mol. The first-order chi connectivity index (χ1) is 9.11. The van der Waals surface area contributed by atoms with Gasteiger partial charge in [0.05, 0.1) is 24.2 Å². The molecule has 6 nitrogen and oxygen atoms in total. The highest BCUT2D eigenvalue weighted by atomic mass is 16.6. The number of nitrogens with zero attached hydrogens (tertiary/aromatic N) is 1. The van der Waals surface area contributed by atoms with Crippen molar-refractivity contribution >= 4 is 5.69 Å². The van der Waals surface area contributed by atoms with E-state index in [2.05, 4.69) is 0 Å². The molecule has 0 bridgehead atoms. The van der Waals surface area contributed by atoms with Crippen LogP contribution in [0.25, 0.3) is 0 Å². The molecule has 0 aromatic heterocycles. The first-order valence-corrected chi connectivity index (χ1v) is 6.29. The molecule has 0 aliphatic heterocycles. The quantitative estimate of drug-likeness (QED) is 0.668. The number of methoxy groups -OCH3 is 1. The molecule has 6 heteroatoms. The molecule has 104 valence electrons. The topological polar surface area (TPSA) is 81.8 Å². The molecule has 1 aromatic rings. The van der Waals surface area contributed by atoms with E-state index in [1.165, 1.54) is 19.2 Å². The first-order valence-electron chi connectivity index (χ1n) is 6.29. The van der Waals surface area contributed by atoms with E-state index >= 15 is 0 Å². The van der Waals surface area contributed by atoms with E-state index < -0.39 is 11.0 Å². The fourth-order valence-corrected chi connectivity index (χ4v) is 2.24. The van der Waals surface area contributed by atoms with Crippen molar-refractivity contribution in [1.29, 1.82) is 0 Å². The number of ether oxygens (including phenoxy) is 2. The van der Waals surface area contributed by atoms with E-state index in [9.17, 15) is 15.2 Å².